The second kappa shape index (κ2) is 11.6. The van der Waals surface area contributed by atoms with E-state index in [0.717, 1.165) is 22.2 Å². The second-order valence-electron chi connectivity index (χ2n) is 10.9. The Kier molecular flexibility index (Phi) is 8.26. The molecule has 0 bridgehead atoms. The molecule has 1 saturated heterocycles. The maximum absolute atomic E-state index is 13.1. The Balaban J connectivity index is 1.37. The predicted molar refractivity (Wildman–Crippen MR) is 143 cm³/mol. The van der Waals surface area contributed by atoms with Crippen molar-refractivity contribution in [1.29, 1.82) is 0 Å². The van der Waals surface area contributed by atoms with Crippen molar-refractivity contribution in [2.24, 2.45) is 17.3 Å². The monoisotopic (exact) mass is 518 g/mol. The molecule has 2 heterocycles. The molecule has 9 nitrogen and oxygen atoms in total. The van der Waals surface area contributed by atoms with Crippen LogP contribution in [0.25, 0.3) is 10.9 Å². The molecule has 1 aliphatic heterocycles. The summed E-state index contributed by atoms with van der Waals surface area (Å²) < 4.78 is 6.01. The normalized spacial score (nSPS) is 17.6. The maximum atomic E-state index is 13.1. The van der Waals surface area contributed by atoms with Crippen LogP contribution in [0.15, 0.2) is 60.8 Å². The molecule has 38 heavy (non-hydrogen) atoms. The lowest BCUT2D eigenvalue weighted by molar-refractivity contribution is -0.146. The number of carbonyl (C=O) groups excluding carboxylic acids is 3. The van der Waals surface area contributed by atoms with Gasteiger partial charge in [-0.25, -0.2) is 5.48 Å². The number of hydrogen-bond acceptors (Lipinski definition) is 6. The first-order valence-electron chi connectivity index (χ1n) is 12.7. The van der Waals surface area contributed by atoms with Gasteiger partial charge in [0.15, 0.2) is 0 Å². The van der Waals surface area contributed by atoms with E-state index in [4.69, 9.17) is 4.74 Å². The molecule has 0 aliphatic carbocycles. The van der Waals surface area contributed by atoms with Crippen LogP contribution < -0.4 is 15.5 Å². The van der Waals surface area contributed by atoms with Crippen LogP contribution in [0.1, 0.15) is 39.2 Å². The first kappa shape index (κ1) is 27.1. The molecule has 2 atom stereocenters. The summed E-state index contributed by atoms with van der Waals surface area (Å²) in [5, 5.41) is 13.1. The third-order valence-corrected chi connectivity index (χ3v) is 6.66. The number of benzene rings is 2. The molecule has 3 amide bonds. The van der Waals surface area contributed by atoms with Gasteiger partial charge in [-0.1, -0.05) is 45.0 Å². The molecular formula is C29H34N4O5. The van der Waals surface area contributed by atoms with E-state index in [1.165, 1.54) is 0 Å². The third-order valence-electron chi connectivity index (χ3n) is 6.66. The summed E-state index contributed by atoms with van der Waals surface area (Å²) >= 11 is 0. The van der Waals surface area contributed by atoms with Crippen LogP contribution >= 0.6 is 0 Å². The Morgan fingerprint density at radius 1 is 1.03 bits per heavy atom. The fourth-order valence-corrected chi connectivity index (χ4v) is 4.68. The first-order valence-corrected chi connectivity index (χ1v) is 12.7. The van der Waals surface area contributed by atoms with Gasteiger partial charge in [0.25, 0.3) is 0 Å². The van der Waals surface area contributed by atoms with Crippen molar-refractivity contribution in [3.8, 4) is 5.75 Å². The number of nitrogens with one attached hydrogen (secondary N) is 2. The largest absolute Gasteiger partial charge is 0.488 e. The number of aromatic nitrogens is 1. The Hall–Kier alpha value is -3.98. The number of likely N-dealkylation sites (tertiary alicyclic amines) is 1. The van der Waals surface area contributed by atoms with Gasteiger partial charge in [-0.05, 0) is 47.7 Å². The summed E-state index contributed by atoms with van der Waals surface area (Å²) in [6.45, 7) is 6.73. The van der Waals surface area contributed by atoms with Crippen molar-refractivity contribution < 1.29 is 24.3 Å². The average Bonchev–Trinajstić information content (AvgIpc) is 2.91. The van der Waals surface area contributed by atoms with Crippen LogP contribution in [-0.4, -0.2) is 45.9 Å². The Labute approximate surface area is 222 Å². The zero-order valence-corrected chi connectivity index (χ0v) is 21.9. The van der Waals surface area contributed by atoms with Crippen LogP contribution in [-0.2, 0) is 21.0 Å². The summed E-state index contributed by atoms with van der Waals surface area (Å²) in [7, 11) is 0. The average molecular weight is 519 g/mol. The van der Waals surface area contributed by atoms with Crippen LogP contribution in [0.5, 0.6) is 5.75 Å². The molecule has 0 spiro atoms. The molecule has 1 aromatic heterocycles. The number of ether oxygens (including phenoxy) is 1. The number of pyridine rings is 1. The van der Waals surface area contributed by atoms with Crippen molar-refractivity contribution in [3.05, 3.63) is 66.4 Å². The smallest absolute Gasteiger partial charge is 0.249 e. The molecule has 0 saturated carbocycles. The minimum atomic E-state index is -0.847. The van der Waals surface area contributed by atoms with Gasteiger partial charge >= 0.3 is 0 Å². The fraction of sp³-hybridized carbons (Fsp3) is 0.379. The van der Waals surface area contributed by atoms with Gasteiger partial charge in [-0.15, -0.1) is 0 Å². The zero-order valence-electron chi connectivity index (χ0n) is 21.9. The van der Waals surface area contributed by atoms with Crippen LogP contribution in [0.3, 0.4) is 0 Å². The molecule has 2 unspecified atom stereocenters. The van der Waals surface area contributed by atoms with Crippen molar-refractivity contribution in [1.82, 2.24) is 15.4 Å². The van der Waals surface area contributed by atoms with Gasteiger partial charge in [0.1, 0.15) is 12.4 Å². The highest BCUT2D eigenvalue weighted by molar-refractivity contribution is 5.96. The molecule has 0 radical (unpaired) electrons. The predicted octanol–water partition coefficient (Wildman–Crippen LogP) is 4.16. The number of hydroxylamine groups is 1. The van der Waals surface area contributed by atoms with Crippen LogP contribution in [0.4, 0.5) is 5.69 Å². The molecule has 2 aromatic carbocycles. The highest BCUT2D eigenvalue weighted by Crippen LogP contribution is 2.29. The van der Waals surface area contributed by atoms with Gasteiger partial charge in [-0.3, -0.25) is 24.6 Å². The lowest BCUT2D eigenvalue weighted by Crippen LogP contribution is -2.52. The summed E-state index contributed by atoms with van der Waals surface area (Å²) in [5.74, 6) is -1.84. The number of rotatable bonds is 7. The first-order chi connectivity index (χ1) is 18.1. The van der Waals surface area contributed by atoms with Crippen molar-refractivity contribution in [2.75, 3.05) is 18.4 Å². The summed E-state index contributed by atoms with van der Waals surface area (Å²) in [6, 6.07) is 16.9. The highest BCUT2D eigenvalue weighted by atomic mass is 16.5. The van der Waals surface area contributed by atoms with Gasteiger partial charge in [-0.2, -0.15) is 0 Å². The van der Waals surface area contributed by atoms with Crippen LogP contribution in [0.2, 0.25) is 0 Å². The summed E-state index contributed by atoms with van der Waals surface area (Å²) in [6.07, 6.45) is 2.38. The molecule has 1 fully saturated rings. The van der Waals surface area contributed by atoms with E-state index in [0.29, 0.717) is 31.7 Å². The number of nitrogens with zero attached hydrogens (tertiary/aromatic N) is 2. The van der Waals surface area contributed by atoms with E-state index < -0.39 is 17.7 Å². The number of para-hydroxylation sites is 1. The number of hydrogen-bond donors (Lipinski definition) is 3. The van der Waals surface area contributed by atoms with E-state index >= 15 is 0 Å². The standard InChI is InChI=1S/C29H34N4O5/c1-29(2,3)16-26(34)33-15-13-21(23(17-33)28(36)32-37)27(35)31-20-10-8-19(9-11-20)18-38-25-12-14-30-24-7-5-4-6-22(24)25/h4-12,14,21,23,37H,13,15-18H2,1-3H3,(H,31,35)(H,32,36). The number of amides is 3. The molecule has 4 rings (SSSR count). The number of fused-ring (bicyclic) bond motifs is 1. The number of piperidine rings is 1. The maximum Gasteiger partial charge on any atom is 0.249 e. The molecular weight excluding hydrogens is 484 g/mol. The van der Waals surface area contributed by atoms with E-state index in [-0.39, 0.29) is 23.8 Å². The van der Waals surface area contributed by atoms with Crippen LogP contribution in [0, 0.1) is 17.3 Å². The summed E-state index contributed by atoms with van der Waals surface area (Å²) in [4.78, 5) is 44.2. The van der Waals surface area contributed by atoms with E-state index in [1.54, 1.807) is 28.7 Å². The third kappa shape index (κ3) is 6.66. The SMILES string of the molecule is CC(C)(C)CC(=O)N1CCC(C(=O)Nc2ccc(COc3ccnc4ccccc34)cc2)C(C(=O)NO)C1. The minimum Gasteiger partial charge on any atom is -0.488 e. The zero-order chi connectivity index (χ0) is 27.3. The Morgan fingerprint density at radius 3 is 2.47 bits per heavy atom. The van der Waals surface area contributed by atoms with Crippen molar-refractivity contribution in [3.63, 3.8) is 0 Å². The Morgan fingerprint density at radius 2 is 1.76 bits per heavy atom. The lowest BCUT2D eigenvalue weighted by atomic mass is 9.83. The van der Waals surface area contributed by atoms with Crippen molar-refractivity contribution in [2.45, 2.75) is 40.2 Å². The number of anilines is 1. The second-order valence-corrected chi connectivity index (χ2v) is 10.9. The minimum absolute atomic E-state index is 0.0651. The van der Waals surface area contributed by atoms with Crippen molar-refractivity contribution >= 4 is 34.3 Å². The molecule has 200 valence electrons. The van der Waals surface area contributed by atoms with Gasteiger partial charge < -0.3 is 15.0 Å². The van der Waals surface area contributed by atoms with Gasteiger partial charge in [0.05, 0.1) is 17.4 Å². The topological polar surface area (TPSA) is 121 Å². The van der Waals surface area contributed by atoms with Gasteiger partial charge in [0.2, 0.25) is 17.7 Å². The quantitative estimate of drug-likeness (QED) is 0.319. The van der Waals surface area contributed by atoms with Gasteiger partial charge in [0, 0.05) is 36.8 Å². The van der Waals surface area contributed by atoms with E-state index in [2.05, 4.69) is 10.3 Å². The molecule has 1 aliphatic rings. The molecule has 9 heteroatoms. The summed E-state index contributed by atoms with van der Waals surface area (Å²) in [5.41, 5.74) is 3.84. The lowest BCUT2D eigenvalue weighted by Gasteiger charge is -2.37. The molecule has 3 aromatic rings. The number of carbonyl (C=O) groups is 3. The fourth-order valence-electron chi connectivity index (χ4n) is 4.68. The highest BCUT2D eigenvalue weighted by Gasteiger charge is 2.40. The molecule has 3 N–H and O–H groups in total. The Bertz CT molecular complexity index is 1300. The van der Waals surface area contributed by atoms with E-state index in [1.807, 2.05) is 63.2 Å². The van der Waals surface area contributed by atoms with E-state index in [9.17, 15) is 19.6 Å².